The number of phenolic OH excluding ortho intramolecular Hbond substituents is 1. The molecule has 0 spiro atoms. The van der Waals surface area contributed by atoms with Gasteiger partial charge in [-0.3, -0.25) is 4.79 Å². The number of nitrogens with two attached hydrogens (primary N) is 1. The topological polar surface area (TPSA) is 66.6 Å². The van der Waals surface area contributed by atoms with E-state index in [-0.39, 0.29) is 17.4 Å². The van der Waals surface area contributed by atoms with Crippen LogP contribution in [0.5, 0.6) is 5.75 Å². The van der Waals surface area contributed by atoms with Crippen molar-refractivity contribution in [2.45, 2.75) is 26.3 Å². The van der Waals surface area contributed by atoms with Crippen molar-refractivity contribution in [2.75, 3.05) is 13.6 Å². The first-order chi connectivity index (χ1) is 8.84. The van der Waals surface area contributed by atoms with Crippen molar-refractivity contribution < 1.29 is 14.3 Å². The summed E-state index contributed by atoms with van der Waals surface area (Å²) in [6.07, 6.45) is 0.634. The minimum Gasteiger partial charge on any atom is -0.507 e. The monoisotopic (exact) mass is 268 g/mol. The molecule has 5 heteroatoms. The quantitative estimate of drug-likeness (QED) is 0.858. The predicted octanol–water partition coefficient (Wildman–Crippen LogP) is 1.98. The minimum absolute atomic E-state index is 0.00975. The van der Waals surface area contributed by atoms with Gasteiger partial charge >= 0.3 is 0 Å². The molecule has 3 N–H and O–H groups in total. The summed E-state index contributed by atoms with van der Waals surface area (Å²) >= 11 is 0. The van der Waals surface area contributed by atoms with Crippen molar-refractivity contribution in [3.63, 3.8) is 0 Å². The zero-order valence-electron chi connectivity index (χ0n) is 11.6. The molecule has 0 aliphatic carbocycles. The molecule has 0 fully saturated rings. The number of halogens is 1. The first-order valence-corrected chi connectivity index (χ1v) is 6.33. The average molecular weight is 268 g/mol. The Balaban J connectivity index is 2.72. The highest BCUT2D eigenvalue weighted by atomic mass is 19.1. The van der Waals surface area contributed by atoms with Gasteiger partial charge in [0.15, 0.2) is 0 Å². The van der Waals surface area contributed by atoms with Crippen molar-refractivity contribution in [3.05, 3.63) is 29.6 Å². The van der Waals surface area contributed by atoms with Gasteiger partial charge in [-0.2, -0.15) is 0 Å². The number of hydrogen-bond donors (Lipinski definition) is 2. The fourth-order valence-corrected chi connectivity index (χ4v) is 1.69. The van der Waals surface area contributed by atoms with Gasteiger partial charge in [0, 0.05) is 19.6 Å². The van der Waals surface area contributed by atoms with Gasteiger partial charge in [0.25, 0.3) is 5.91 Å². The van der Waals surface area contributed by atoms with Gasteiger partial charge in [0.2, 0.25) is 0 Å². The summed E-state index contributed by atoms with van der Waals surface area (Å²) < 4.78 is 13.6. The van der Waals surface area contributed by atoms with Gasteiger partial charge in [0.1, 0.15) is 17.1 Å². The van der Waals surface area contributed by atoms with Crippen LogP contribution in [0, 0.1) is 11.7 Å². The lowest BCUT2D eigenvalue weighted by Gasteiger charge is -2.22. The molecule has 0 heterocycles. The fraction of sp³-hybridized carbons (Fsp3) is 0.500. The lowest BCUT2D eigenvalue weighted by Crippen LogP contribution is -2.35. The maximum absolute atomic E-state index is 13.6. The summed E-state index contributed by atoms with van der Waals surface area (Å²) in [5, 5.41) is 9.56. The summed E-state index contributed by atoms with van der Waals surface area (Å²) in [5.41, 5.74) is 5.61. The summed E-state index contributed by atoms with van der Waals surface area (Å²) in [6, 6.07) is 3.80. The first kappa shape index (κ1) is 15.4. The Hall–Kier alpha value is -1.62. The van der Waals surface area contributed by atoms with Crippen LogP contribution in [-0.4, -0.2) is 35.5 Å². The van der Waals surface area contributed by atoms with E-state index in [4.69, 9.17) is 5.73 Å². The third-order valence-corrected chi connectivity index (χ3v) is 3.21. The molecule has 1 aromatic rings. The number of nitrogens with zero attached hydrogens (tertiary/aromatic N) is 1. The molecular weight excluding hydrogens is 247 g/mol. The second-order valence-corrected chi connectivity index (χ2v) is 5.06. The maximum atomic E-state index is 13.6. The molecule has 1 rings (SSSR count). The van der Waals surface area contributed by atoms with Gasteiger partial charge in [-0.1, -0.05) is 19.9 Å². The Labute approximate surface area is 113 Å². The normalized spacial score (nSPS) is 12.5. The molecule has 1 amide bonds. The summed E-state index contributed by atoms with van der Waals surface area (Å²) in [4.78, 5) is 13.4. The molecule has 0 aliphatic heterocycles. The number of carbonyl (C=O) groups is 1. The Kier molecular flexibility index (Phi) is 5.30. The number of hydrogen-bond acceptors (Lipinski definition) is 3. The molecule has 106 valence electrons. The third-order valence-electron chi connectivity index (χ3n) is 3.21. The molecule has 0 aliphatic rings. The van der Waals surface area contributed by atoms with E-state index in [1.54, 1.807) is 7.05 Å². The maximum Gasteiger partial charge on any atom is 0.260 e. The summed E-state index contributed by atoms with van der Waals surface area (Å²) in [6.45, 7) is 4.44. The van der Waals surface area contributed by atoms with Gasteiger partial charge in [-0.15, -0.1) is 0 Å². The number of benzene rings is 1. The zero-order chi connectivity index (χ0) is 14.6. The van der Waals surface area contributed by atoms with Gasteiger partial charge < -0.3 is 15.7 Å². The van der Waals surface area contributed by atoms with Crippen LogP contribution >= 0.6 is 0 Å². The highest BCUT2D eigenvalue weighted by Crippen LogP contribution is 2.21. The van der Waals surface area contributed by atoms with E-state index in [0.29, 0.717) is 18.9 Å². The molecule has 1 atom stereocenters. The second kappa shape index (κ2) is 6.52. The fourth-order valence-electron chi connectivity index (χ4n) is 1.69. The molecule has 0 bridgehead atoms. The molecule has 4 nitrogen and oxygen atoms in total. The molecule has 19 heavy (non-hydrogen) atoms. The molecular formula is C14H21FN2O2. The van der Waals surface area contributed by atoms with E-state index in [1.807, 2.05) is 13.8 Å². The van der Waals surface area contributed by atoms with Crippen LogP contribution < -0.4 is 5.73 Å². The number of carbonyl (C=O) groups excluding carboxylic acids is 1. The van der Waals surface area contributed by atoms with E-state index in [1.165, 1.54) is 17.0 Å². The SMILES string of the molecule is CC(C)C(N)CCN(C)C(=O)c1c(O)cccc1F. The number of aromatic hydroxyl groups is 1. The van der Waals surface area contributed by atoms with Crippen LogP contribution in [0.15, 0.2) is 18.2 Å². The van der Waals surface area contributed by atoms with E-state index < -0.39 is 11.7 Å². The predicted molar refractivity (Wildman–Crippen MR) is 72.5 cm³/mol. The lowest BCUT2D eigenvalue weighted by atomic mass is 10.0. The molecule has 0 saturated heterocycles. The van der Waals surface area contributed by atoms with Crippen molar-refractivity contribution in [2.24, 2.45) is 11.7 Å². The number of phenols is 1. The van der Waals surface area contributed by atoms with Crippen LogP contribution in [0.1, 0.15) is 30.6 Å². The van der Waals surface area contributed by atoms with E-state index in [2.05, 4.69) is 0 Å². The highest BCUT2D eigenvalue weighted by Gasteiger charge is 2.20. The third kappa shape index (κ3) is 3.92. The van der Waals surface area contributed by atoms with Crippen molar-refractivity contribution in [3.8, 4) is 5.75 Å². The summed E-state index contributed by atoms with van der Waals surface area (Å²) in [7, 11) is 1.57. The van der Waals surface area contributed by atoms with Crippen LogP contribution in [0.3, 0.4) is 0 Å². The van der Waals surface area contributed by atoms with Gasteiger partial charge in [0.05, 0.1) is 0 Å². The Morgan fingerprint density at radius 3 is 2.63 bits per heavy atom. The van der Waals surface area contributed by atoms with Crippen LogP contribution in [0.25, 0.3) is 0 Å². The molecule has 0 aromatic heterocycles. The van der Waals surface area contributed by atoms with Gasteiger partial charge in [-0.05, 0) is 24.5 Å². The zero-order valence-corrected chi connectivity index (χ0v) is 11.6. The lowest BCUT2D eigenvalue weighted by molar-refractivity contribution is 0.0781. The van der Waals surface area contributed by atoms with Crippen LogP contribution in [0.4, 0.5) is 4.39 Å². The van der Waals surface area contributed by atoms with E-state index in [0.717, 1.165) is 6.07 Å². The Bertz CT molecular complexity index is 429. The largest absolute Gasteiger partial charge is 0.507 e. The standard InChI is InChI=1S/C14H21FN2O2/c1-9(2)11(16)7-8-17(3)14(19)13-10(15)5-4-6-12(13)18/h4-6,9,11,18H,7-8,16H2,1-3H3. The molecule has 0 saturated carbocycles. The average Bonchev–Trinajstić information content (AvgIpc) is 2.34. The smallest absolute Gasteiger partial charge is 0.260 e. The summed E-state index contributed by atoms with van der Waals surface area (Å²) in [5.74, 6) is -1.27. The van der Waals surface area contributed by atoms with Gasteiger partial charge in [-0.25, -0.2) is 4.39 Å². The number of amides is 1. The Morgan fingerprint density at radius 1 is 1.47 bits per heavy atom. The molecule has 1 unspecified atom stereocenters. The van der Waals surface area contributed by atoms with Crippen molar-refractivity contribution in [1.29, 1.82) is 0 Å². The number of rotatable bonds is 5. The van der Waals surface area contributed by atoms with Crippen LogP contribution in [-0.2, 0) is 0 Å². The van der Waals surface area contributed by atoms with E-state index in [9.17, 15) is 14.3 Å². The second-order valence-electron chi connectivity index (χ2n) is 5.06. The van der Waals surface area contributed by atoms with Crippen molar-refractivity contribution in [1.82, 2.24) is 4.90 Å². The minimum atomic E-state index is -0.718. The van der Waals surface area contributed by atoms with E-state index >= 15 is 0 Å². The highest BCUT2D eigenvalue weighted by molar-refractivity contribution is 5.96. The Morgan fingerprint density at radius 2 is 2.11 bits per heavy atom. The first-order valence-electron chi connectivity index (χ1n) is 6.33. The van der Waals surface area contributed by atoms with Crippen LogP contribution in [0.2, 0.25) is 0 Å². The molecule has 0 radical (unpaired) electrons. The molecule has 1 aromatic carbocycles. The van der Waals surface area contributed by atoms with Crippen molar-refractivity contribution >= 4 is 5.91 Å².